The molecule has 104 valence electrons. The molecule has 0 saturated heterocycles. The quantitative estimate of drug-likeness (QED) is 0.789. The Morgan fingerprint density at radius 1 is 0.950 bits per heavy atom. The van der Waals surface area contributed by atoms with Crippen molar-refractivity contribution in [3.8, 4) is 11.5 Å². The standard InChI is InChI=1S/C13H11NO5S/c15-10-6-9(7-11(16)8-10)13(17)14-20(18,19)12-4-2-1-3-5-12/h1-8,15-16H,(H,14,17). The van der Waals surface area contributed by atoms with E-state index in [0.717, 1.165) is 18.2 Å². The van der Waals surface area contributed by atoms with Crippen molar-refractivity contribution in [2.45, 2.75) is 4.90 Å². The number of benzene rings is 2. The summed E-state index contributed by atoms with van der Waals surface area (Å²) in [6, 6.07) is 10.5. The van der Waals surface area contributed by atoms with Gasteiger partial charge in [0.15, 0.2) is 0 Å². The van der Waals surface area contributed by atoms with E-state index in [1.165, 1.54) is 24.3 Å². The first-order valence-electron chi connectivity index (χ1n) is 5.54. The molecular formula is C13H11NO5S. The highest BCUT2D eigenvalue weighted by atomic mass is 32.2. The van der Waals surface area contributed by atoms with Crippen LogP contribution < -0.4 is 4.72 Å². The van der Waals surface area contributed by atoms with Gasteiger partial charge in [-0.05, 0) is 24.3 Å². The van der Waals surface area contributed by atoms with E-state index in [1.807, 2.05) is 4.72 Å². The lowest BCUT2D eigenvalue weighted by molar-refractivity contribution is 0.0980. The highest BCUT2D eigenvalue weighted by Gasteiger charge is 2.19. The molecule has 0 spiro atoms. The molecule has 0 aliphatic rings. The van der Waals surface area contributed by atoms with Crippen molar-refractivity contribution in [1.29, 1.82) is 0 Å². The van der Waals surface area contributed by atoms with Crippen molar-refractivity contribution in [2.75, 3.05) is 0 Å². The third-order valence-electron chi connectivity index (χ3n) is 2.45. The van der Waals surface area contributed by atoms with Gasteiger partial charge in [0.25, 0.3) is 15.9 Å². The van der Waals surface area contributed by atoms with Crippen LogP contribution in [-0.4, -0.2) is 24.5 Å². The minimum Gasteiger partial charge on any atom is -0.508 e. The zero-order chi connectivity index (χ0) is 14.8. The highest BCUT2D eigenvalue weighted by Crippen LogP contribution is 2.20. The smallest absolute Gasteiger partial charge is 0.265 e. The van der Waals surface area contributed by atoms with Crippen LogP contribution in [0.2, 0.25) is 0 Å². The second-order valence-corrected chi connectivity index (χ2v) is 5.67. The largest absolute Gasteiger partial charge is 0.508 e. The summed E-state index contributed by atoms with van der Waals surface area (Å²) >= 11 is 0. The summed E-state index contributed by atoms with van der Waals surface area (Å²) in [5, 5.41) is 18.5. The minimum atomic E-state index is -4.00. The zero-order valence-corrected chi connectivity index (χ0v) is 11.0. The molecule has 0 heterocycles. The van der Waals surface area contributed by atoms with Crippen LogP contribution in [0.4, 0.5) is 0 Å². The van der Waals surface area contributed by atoms with Gasteiger partial charge in [-0.15, -0.1) is 0 Å². The van der Waals surface area contributed by atoms with Crippen molar-refractivity contribution >= 4 is 15.9 Å². The molecule has 2 aromatic rings. The second-order valence-electron chi connectivity index (χ2n) is 3.99. The van der Waals surface area contributed by atoms with Crippen LogP contribution in [0.1, 0.15) is 10.4 Å². The van der Waals surface area contributed by atoms with Gasteiger partial charge in [0.2, 0.25) is 0 Å². The molecule has 1 amide bonds. The summed E-state index contributed by atoms with van der Waals surface area (Å²) in [6.07, 6.45) is 0. The van der Waals surface area contributed by atoms with Crippen LogP contribution in [0.3, 0.4) is 0 Å². The van der Waals surface area contributed by atoms with E-state index in [2.05, 4.69) is 0 Å². The van der Waals surface area contributed by atoms with E-state index >= 15 is 0 Å². The van der Waals surface area contributed by atoms with E-state index in [0.29, 0.717) is 0 Å². The number of carbonyl (C=O) groups is 1. The summed E-state index contributed by atoms with van der Waals surface area (Å²) in [5.74, 6) is -1.63. The highest BCUT2D eigenvalue weighted by molar-refractivity contribution is 7.90. The normalized spacial score (nSPS) is 11.0. The van der Waals surface area contributed by atoms with Crippen LogP contribution in [0.5, 0.6) is 11.5 Å². The molecule has 0 aliphatic carbocycles. The first-order chi connectivity index (χ1) is 9.38. The van der Waals surface area contributed by atoms with Gasteiger partial charge in [0.1, 0.15) is 11.5 Å². The third kappa shape index (κ3) is 3.07. The lowest BCUT2D eigenvalue weighted by Gasteiger charge is -2.07. The van der Waals surface area contributed by atoms with E-state index in [-0.39, 0.29) is 22.0 Å². The number of amides is 1. The topological polar surface area (TPSA) is 104 Å². The molecule has 0 aliphatic heterocycles. The third-order valence-corrected chi connectivity index (χ3v) is 3.79. The molecule has 0 unspecified atom stereocenters. The number of rotatable bonds is 3. The number of hydrogen-bond donors (Lipinski definition) is 3. The van der Waals surface area contributed by atoms with Crippen LogP contribution in [0, 0.1) is 0 Å². The molecule has 7 heteroatoms. The number of hydrogen-bond acceptors (Lipinski definition) is 5. The maximum atomic E-state index is 11.9. The number of phenols is 2. The Labute approximate surface area is 115 Å². The Hall–Kier alpha value is -2.54. The minimum absolute atomic E-state index is 0.0577. The van der Waals surface area contributed by atoms with Crippen LogP contribution in [-0.2, 0) is 10.0 Å². The summed E-state index contributed by atoms with van der Waals surface area (Å²) in [6.45, 7) is 0. The van der Waals surface area contributed by atoms with E-state index in [1.54, 1.807) is 6.07 Å². The van der Waals surface area contributed by atoms with Crippen LogP contribution in [0.15, 0.2) is 53.4 Å². The molecule has 0 saturated carbocycles. The summed E-state index contributed by atoms with van der Waals surface area (Å²) < 4.78 is 25.7. The maximum Gasteiger partial charge on any atom is 0.265 e. The van der Waals surface area contributed by atoms with Gasteiger partial charge in [-0.3, -0.25) is 4.79 Å². The molecule has 2 rings (SSSR count). The Morgan fingerprint density at radius 3 is 2.05 bits per heavy atom. The fourth-order valence-electron chi connectivity index (χ4n) is 1.57. The van der Waals surface area contributed by atoms with Crippen molar-refractivity contribution in [1.82, 2.24) is 4.72 Å². The molecular weight excluding hydrogens is 282 g/mol. The molecule has 20 heavy (non-hydrogen) atoms. The van der Waals surface area contributed by atoms with E-state index < -0.39 is 15.9 Å². The molecule has 0 radical (unpaired) electrons. The molecule has 0 aromatic heterocycles. The van der Waals surface area contributed by atoms with E-state index in [4.69, 9.17) is 0 Å². The van der Waals surface area contributed by atoms with Crippen LogP contribution in [0.25, 0.3) is 0 Å². The molecule has 0 fully saturated rings. The summed E-state index contributed by atoms with van der Waals surface area (Å²) in [5.41, 5.74) is -0.165. The molecule has 2 aromatic carbocycles. The number of sulfonamides is 1. The lowest BCUT2D eigenvalue weighted by Crippen LogP contribution is -2.30. The monoisotopic (exact) mass is 293 g/mol. The Balaban J connectivity index is 2.28. The molecule has 3 N–H and O–H groups in total. The second kappa shape index (κ2) is 5.22. The van der Waals surface area contributed by atoms with Crippen molar-refractivity contribution in [3.63, 3.8) is 0 Å². The maximum absolute atomic E-state index is 11.9. The Morgan fingerprint density at radius 2 is 1.50 bits per heavy atom. The average molecular weight is 293 g/mol. The van der Waals surface area contributed by atoms with Crippen molar-refractivity contribution < 1.29 is 23.4 Å². The van der Waals surface area contributed by atoms with Crippen molar-refractivity contribution in [3.05, 3.63) is 54.1 Å². The van der Waals surface area contributed by atoms with Crippen LogP contribution >= 0.6 is 0 Å². The molecule has 6 nitrogen and oxygen atoms in total. The first kappa shape index (κ1) is 13.9. The van der Waals surface area contributed by atoms with E-state index in [9.17, 15) is 23.4 Å². The zero-order valence-electron chi connectivity index (χ0n) is 10.1. The van der Waals surface area contributed by atoms with Gasteiger partial charge in [-0.25, -0.2) is 13.1 Å². The Bertz CT molecular complexity index is 720. The van der Waals surface area contributed by atoms with Crippen molar-refractivity contribution in [2.24, 2.45) is 0 Å². The number of carbonyl (C=O) groups excluding carboxylic acids is 1. The Kier molecular flexibility index (Phi) is 3.62. The summed E-state index contributed by atoms with van der Waals surface area (Å²) in [7, 11) is -4.00. The SMILES string of the molecule is O=C(NS(=O)(=O)c1ccccc1)c1cc(O)cc(O)c1. The van der Waals surface area contributed by atoms with Gasteiger partial charge >= 0.3 is 0 Å². The number of nitrogens with one attached hydrogen (secondary N) is 1. The van der Waals surface area contributed by atoms with Gasteiger partial charge in [-0.2, -0.15) is 0 Å². The average Bonchev–Trinajstić information content (AvgIpc) is 2.38. The number of phenolic OH excluding ortho intramolecular Hbond substituents is 2. The molecule has 0 atom stereocenters. The summed E-state index contributed by atoms with van der Waals surface area (Å²) in [4.78, 5) is 11.8. The number of aromatic hydroxyl groups is 2. The van der Waals surface area contributed by atoms with Gasteiger partial charge in [0.05, 0.1) is 4.90 Å². The molecule has 0 bridgehead atoms. The van der Waals surface area contributed by atoms with Gasteiger partial charge < -0.3 is 10.2 Å². The van der Waals surface area contributed by atoms with Gasteiger partial charge in [-0.1, -0.05) is 18.2 Å². The van der Waals surface area contributed by atoms with Gasteiger partial charge in [0, 0.05) is 11.6 Å². The fourth-order valence-corrected chi connectivity index (χ4v) is 2.56. The fraction of sp³-hybridized carbons (Fsp3) is 0. The predicted molar refractivity (Wildman–Crippen MR) is 70.9 cm³/mol. The predicted octanol–water partition coefficient (Wildman–Crippen LogP) is 1.22. The first-order valence-corrected chi connectivity index (χ1v) is 7.02. The lowest BCUT2D eigenvalue weighted by atomic mass is 10.2.